The summed E-state index contributed by atoms with van der Waals surface area (Å²) in [6.07, 6.45) is 3.81. The quantitative estimate of drug-likeness (QED) is 0.749. The first-order valence-electron chi connectivity index (χ1n) is 6.33. The van der Waals surface area contributed by atoms with Crippen molar-refractivity contribution in [1.82, 2.24) is 5.32 Å². The van der Waals surface area contributed by atoms with Gasteiger partial charge in [0.2, 0.25) is 5.91 Å². The van der Waals surface area contributed by atoms with E-state index in [9.17, 15) is 4.79 Å². The van der Waals surface area contributed by atoms with E-state index < -0.39 is 6.04 Å². The number of amides is 1. The van der Waals surface area contributed by atoms with Crippen molar-refractivity contribution in [3.63, 3.8) is 0 Å². The van der Waals surface area contributed by atoms with Crippen LogP contribution in [0.1, 0.15) is 47.0 Å². The molecular formula is C13H24N2O. The Morgan fingerprint density at radius 1 is 1.44 bits per heavy atom. The largest absolute Gasteiger partial charge is 0.351 e. The second-order valence-electron chi connectivity index (χ2n) is 6.65. The number of carbonyl (C=O) groups is 1. The third kappa shape index (κ3) is 1.56. The van der Waals surface area contributed by atoms with E-state index in [2.05, 4.69) is 26.1 Å². The second-order valence-corrected chi connectivity index (χ2v) is 6.65. The van der Waals surface area contributed by atoms with E-state index in [0.29, 0.717) is 5.41 Å². The fourth-order valence-electron chi connectivity index (χ4n) is 3.94. The van der Waals surface area contributed by atoms with Gasteiger partial charge in [0.15, 0.2) is 0 Å². The van der Waals surface area contributed by atoms with Gasteiger partial charge in [-0.2, -0.15) is 0 Å². The SMILES string of the molecule is C[C@H](N)C(=O)NC1C2(C)CCC(C2)C1(C)C. The van der Waals surface area contributed by atoms with E-state index in [0.717, 1.165) is 5.92 Å². The highest BCUT2D eigenvalue weighted by molar-refractivity contribution is 5.81. The molecule has 2 aliphatic rings. The Morgan fingerprint density at radius 3 is 2.50 bits per heavy atom. The van der Waals surface area contributed by atoms with Gasteiger partial charge in [0.1, 0.15) is 0 Å². The van der Waals surface area contributed by atoms with Crippen LogP contribution in [-0.2, 0) is 4.79 Å². The van der Waals surface area contributed by atoms with Crippen LogP contribution in [0.3, 0.4) is 0 Å². The lowest BCUT2D eigenvalue weighted by Gasteiger charge is -2.43. The smallest absolute Gasteiger partial charge is 0.236 e. The van der Waals surface area contributed by atoms with Crippen molar-refractivity contribution >= 4 is 5.91 Å². The molecule has 3 heteroatoms. The zero-order chi connectivity index (χ0) is 12.1. The molecule has 0 aromatic heterocycles. The summed E-state index contributed by atoms with van der Waals surface area (Å²) < 4.78 is 0. The van der Waals surface area contributed by atoms with E-state index in [1.54, 1.807) is 6.92 Å². The van der Waals surface area contributed by atoms with Gasteiger partial charge in [0, 0.05) is 6.04 Å². The average Bonchev–Trinajstić information content (AvgIpc) is 2.63. The molecule has 2 aliphatic carbocycles. The Hall–Kier alpha value is -0.570. The molecule has 0 spiro atoms. The lowest BCUT2D eigenvalue weighted by molar-refractivity contribution is -0.124. The summed E-state index contributed by atoms with van der Waals surface area (Å²) in [5.74, 6) is 0.753. The minimum absolute atomic E-state index is 0.00755. The first-order chi connectivity index (χ1) is 7.27. The minimum atomic E-state index is -0.404. The maximum Gasteiger partial charge on any atom is 0.236 e. The maximum atomic E-state index is 11.8. The van der Waals surface area contributed by atoms with Gasteiger partial charge in [-0.15, -0.1) is 0 Å². The number of carbonyl (C=O) groups excluding carboxylic acids is 1. The Bertz CT molecular complexity index is 306. The molecule has 2 saturated carbocycles. The molecule has 0 saturated heterocycles. The summed E-state index contributed by atoms with van der Waals surface area (Å²) in [6.45, 7) is 8.63. The molecule has 2 bridgehead atoms. The second kappa shape index (κ2) is 3.46. The monoisotopic (exact) mass is 224 g/mol. The highest BCUT2D eigenvalue weighted by Gasteiger charge is 2.59. The Kier molecular flexibility index (Phi) is 2.57. The van der Waals surface area contributed by atoms with E-state index in [4.69, 9.17) is 5.73 Å². The number of hydrogen-bond acceptors (Lipinski definition) is 2. The molecule has 0 aromatic carbocycles. The van der Waals surface area contributed by atoms with Gasteiger partial charge in [0.25, 0.3) is 0 Å². The molecule has 92 valence electrons. The highest BCUT2D eigenvalue weighted by Crippen LogP contribution is 2.62. The summed E-state index contributed by atoms with van der Waals surface area (Å²) in [7, 11) is 0. The lowest BCUT2D eigenvalue weighted by Crippen LogP contribution is -2.55. The molecule has 3 N–H and O–H groups in total. The van der Waals surface area contributed by atoms with Crippen LogP contribution in [0, 0.1) is 16.7 Å². The van der Waals surface area contributed by atoms with Gasteiger partial charge in [-0.05, 0) is 42.9 Å². The van der Waals surface area contributed by atoms with Crippen molar-refractivity contribution in [3.8, 4) is 0 Å². The Balaban J connectivity index is 2.17. The normalized spacial score (nSPS) is 42.1. The van der Waals surface area contributed by atoms with E-state index in [-0.39, 0.29) is 17.4 Å². The summed E-state index contributed by atoms with van der Waals surface area (Å²) in [4.78, 5) is 11.8. The maximum absolute atomic E-state index is 11.8. The fraction of sp³-hybridized carbons (Fsp3) is 0.923. The minimum Gasteiger partial charge on any atom is -0.351 e. The van der Waals surface area contributed by atoms with Crippen LogP contribution in [0.5, 0.6) is 0 Å². The molecule has 2 fully saturated rings. The molecule has 0 aliphatic heterocycles. The molecule has 0 aromatic rings. The lowest BCUT2D eigenvalue weighted by atomic mass is 9.68. The first-order valence-corrected chi connectivity index (χ1v) is 6.33. The fourth-order valence-corrected chi connectivity index (χ4v) is 3.94. The molecule has 3 unspecified atom stereocenters. The number of rotatable bonds is 2. The number of nitrogens with one attached hydrogen (secondary N) is 1. The average molecular weight is 224 g/mol. The molecular weight excluding hydrogens is 200 g/mol. The van der Waals surface area contributed by atoms with Crippen LogP contribution < -0.4 is 11.1 Å². The number of fused-ring (bicyclic) bond motifs is 2. The first kappa shape index (κ1) is 11.9. The Morgan fingerprint density at radius 2 is 2.06 bits per heavy atom. The van der Waals surface area contributed by atoms with Gasteiger partial charge < -0.3 is 11.1 Å². The predicted molar refractivity (Wildman–Crippen MR) is 64.8 cm³/mol. The summed E-state index contributed by atoms with van der Waals surface area (Å²) in [6, 6.07) is -0.115. The van der Waals surface area contributed by atoms with Crippen molar-refractivity contribution in [2.75, 3.05) is 0 Å². The predicted octanol–water partition coefficient (Wildman–Crippen LogP) is 1.66. The van der Waals surface area contributed by atoms with E-state index in [1.807, 2.05) is 0 Å². The third-order valence-electron chi connectivity index (χ3n) is 4.97. The van der Waals surface area contributed by atoms with Crippen molar-refractivity contribution in [2.24, 2.45) is 22.5 Å². The van der Waals surface area contributed by atoms with Gasteiger partial charge in [0.05, 0.1) is 6.04 Å². The molecule has 0 heterocycles. The van der Waals surface area contributed by atoms with Crippen LogP contribution in [0.2, 0.25) is 0 Å². The number of hydrogen-bond donors (Lipinski definition) is 2. The van der Waals surface area contributed by atoms with E-state index >= 15 is 0 Å². The van der Waals surface area contributed by atoms with Crippen molar-refractivity contribution in [3.05, 3.63) is 0 Å². The van der Waals surface area contributed by atoms with Gasteiger partial charge in [-0.25, -0.2) is 0 Å². The summed E-state index contributed by atoms with van der Waals surface area (Å²) in [5, 5.41) is 3.18. The van der Waals surface area contributed by atoms with Crippen molar-refractivity contribution in [2.45, 2.75) is 59.0 Å². The third-order valence-corrected chi connectivity index (χ3v) is 4.97. The Labute approximate surface area is 98.2 Å². The zero-order valence-electron chi connectivity index (χ0n) is 10.8. The molecule has 16 heavy (non-hydrogen) atoms. The van der Waals surface area contributed by atoms with Gasteiger partial charge >= 0.3 is 0 Å². The van der Waals surface area contributed by atoms with Crippen LogP contribution in [0.25, 0.3) is 0 Å². The van der Waals surface area contributed by atoms with Crippen molar-refractivity contribution in [1.29, 1.82) is 0 Å². The number of nitrogens with two attached hydrogens (primary N) is 1. The van der Waals surface area contributed by atoms with Crippen LogP contribution in [-0.4, -0.2) is 18.0 Å². The summed E-state index contributed by atoms with van der Waals surface area (Å²) >= 11 is 0. The molecule has 2 rings (SSSR count). The van der Waals surface area contributed by atoms with E-state index in [1.165, 1.54) is 19.3 Å². The standard InChI is InChI=1S/C13H24N2O/c1-8(14)10(16)15-11-12(2,3)9-5-6-13(11,4)7-9/h8-9,11H,5-7,14H2,1-4H3,(H,15,16)/t8-,9?,11?,13?/m0/s1. The van der Waals surface area contributed by atoms with Gasteiger partial charge in [-0.3, -0.25) is 4.79 Å². The highest BCUT2D eigenvalue weighted by atomic mass is 16.2. The topological polar surface area (TPSA) is 55.1 Å². The molecule has 1 amide bonds. The van der Waals surface area contributed by atoms with Gasteiger partial charge in [-0.1, -0.05) is 20.8 Å². The van der Waals surface area contributed by atoms with Crippen LogP contribution in [0.15, 0.2) is 0 Å². The summed E-state index contributed by atoms with van der Waals surface area (Å²) in [5.41, 5.74) is 6.14. The van der Waals surface area contributed by atoms with Crippen LogP contribution >= 0.6 is 0 Å². The zero-order valence-corrected chi connectivity index (χ0v) is 10.8. The molecule has 3 nitrogen and oxygen atoms in total. The molecule has 4 atom stereocenters. The van der Waals surface area contributed by atoms with Crippen LogP contribution in [0.4, 0.5) is 0 Å². The molecule has 0 radical (unpaired) electrons. The van der Waals surface area contributed by atoms with Crippen molar-refractivity contribution < 1.29 is 4.79 Å².